The zero-order chi connectivity index (χ0) is 13.4. The van der Waals surface area contributed by atoms with E-state index in [1.807, 2.05) is 4.90 Å². The average Bonchev–Trinajstić information content (AvgIpc) is 2.34. The number of hydrogen-bond donors (Lipinski definition) is 1. The van der Waals surface area contributed by atoms with Crippen LogP contribution in [0.3, 0.4) is 0 Å². The van der Waals surface area contributed by atoms with Gasteiger partial charge in [0.15, 0.2) is 0 Å². The summed E-state index contributed by atoms with van der Waals surface area (Å²) in [5, 5.41) is 0. The van der Waals surface area contributed by atoms with Crippen molar-refractivity contribution < 1.29 is 9.53 Å². The van der Waals surface area contributed by atoms with Crippen molar-refractivity contribution in [1.82, 2.24) is 9.80 Å². The monoisotopic (exact) mass is 257 g/mol. The molecule has 5 heteroatoms. The van der Waals surface area contributed by atoms with Gasteiger partial charge < -0.3 is 15.4 Å². The Kier molecular flexibility index (Phi) is 7.23. The van der Waals surface area contributed by atoms with E-state index in [1.54, 1.807) is 0 Å². The van der Waals surface area contributed by atoms with Crippen molar-refractivity contribution in [2.24, 2.45) is 11.7 Å². The molecule has 0 aromatic heterocycles. The lowest BCUT2D eigenvalue weighted by atomic mass is 10.2. The molecule has 1 heterocycles. The molecule has 0 spiro atoms. The number of nitrogens with two attached hydrogens (primary N) is 1. The fourth-order valence-electron chi connectivity index (χ4n) is 2.20. The molecule has 0 saturated carbocycles. The molecule has 0 aliphatic carbocycles. The van der Waals surface area contributed by atoms with Crippen LogP contribution in [0.4, 0.5) is 0 Å². The number of amides is 1. The Morgan fingerprint density at radius 3 is 2.44 bits per heavy atom. The molecule has 5 nitrogen and oxygen atoms in total. The highest BCUT2D eigenvalue weighted by molar-refractivity contribution is 5.76. The summed E-state index contributed by atoms with van der Waals surface area (Å²) in [5.41, 5.74) is 5.32. The minimum absolute atomic E-state index is 0.205. The maximum Gasteiger partial charge on any atom is 0.224 e. The Hall–Kier alpha value is -0.650. The maximum absolute atomic E-state index is 11.9. The van der Waals surface area contributed by atoms with Gasteiger partial charge >= 0.3 is 0 Å². The minimum atomic E-state index is 0.205. The molecule has 1 fully saturated rings. The second-order valence-electron chi connectivity index (χ2n) is 5.23. The summed E-state index contributed by atoms with van der Waals surface area (Å²) in [4.78, 5) is 16.3. The molecule has 0 radical (unpaired) electrons. The first-order valence-electron chi connectivity index (χ1n) is 6.91. The van der Waals surface area contributed by atoms with Crippen LogP contribution in [-0.2, 0) is 9.53 Å². The molecule has 1 saturated heterocycles. The van der Waals surface area contributed by atoms with Crippen molar-refractivity contribution in [2.45, 2.75) is 20.3 Å². The molecule has 1 rings (SSSR count). The van der Waals surface area contributed by atoms with E-state index in [9.17, 15) is 4.79 Å². The Bertz CT molecular complexity index is 238. The van der Waals surface area contributed by atoms with Gasteiger partial charge in [0.25, 0.3) is 0 Å². The molecule has 0 atom stereocenters. The first-order chi connectivity index (χ1) is 8.63. The molecule has 1 amide bonds. The van der Waals surface area contributed by atoms with Crippen LogP contribution in [0.1, 0.15) is 20.3 Å². The largest absolute Gasteiger partial charge is 0.380 e. The van der Waals surface area contributed by atoms with Gasteiger partial charge in [-0.25, -0.2) is 0 Å². The van der Waals surface area contributed by atoms with Gasteiger partial charge in [0.05, 0.1) is 19.6 Å². The van der Waals surface area contributed by atoms with Gasteiger partial charge in [-0.2, -0.15) is 0 Å². The molecule has 0 aromatic carbocycles. The number of hydrogen-bond acceptors (Lipinski definition) is 4. The fourth-order valence-corrected chi connectivity index (χ4v) is 2.20. The predicted octanol–water partition coefficient (Wildman–Crippen LogP) is 0.152. The fraction of sp³-hybridized carbons (Fsp3) is 0.923. The summed E-state index contributed by atoms with van der Waals surface area (Å²) in [6.07, 6.45) is 0.476. The Balaban J connectivity index is 2.15. The topological polar surface area (TPSA) is 58.8 Å². The smallest absolute Gasteiger partial charge is 0.224 e. The van der Waals surface area contributed by atoms with Crippen molar-refractivity contribution in [3.05, 3.63) is 0 Å². The van der Waals surface area contributed by atoms with E-state index in [2.05, 4.69) is 18.7 Å². The molecule has 106 valence electrons. The van der Waals surface area contributed by atoms with Gasteiger partial charge in [-0.3, -0.25) is 9.69 Å². The maximum atomic E-state index is 11.9. The summed E-state index contributed by atoms with van der Waals surface area (Å²) in [6, 6.07) is 0. The number of ether oxygens (including phenoxy) is 1. The Labute approximate surface area is 110 Å². The highest BCUT2D eigenvalue weighted by Gasteiger charge is 2.20. The van der Waals surface area contributed by atoms with Gasteiger partial charge in [-0.1, -0.05) is 13.8 Å². The lowest BCUT2D eigenvalue weighted by Crippen LogP contribution is -2.49. The quantitative estimate of drug-likeness (QED) is 0.660. The van der Waals surface area contributed by atoms with Crippen LogP contribution in [0.2, 0.25) is 0 Å². The number of carbonyl (C=O) groups excluding carboxylic acids is 1. The van der Waals surface area contributed by atoms with Gasteiger partial charge in [-0.05, 0) is 5.92 Å². The van der Waals surface area contributed by atoms with Crippen LogP contribution in [0.25, 0.3) is 0 Å². The third-order valence-electron chi connectivity index (χ3n) is 3.07. The predicted molar refractivity (Wildman–Crippen MR) is 72.3 cm³/mol. The molecule has 1 aliphatic rings. The summed E-state index contributed by atoms with van der Waals surface area (Å²) >= 11 is 0. The minimum Gasteiger partial charge on any atom is -0.380 e. The van der Waals surface area contributed by atoms with Crippen molar-refractivity contribution in [3.8, 4) is 0 Å². The van der Waals surface area contributed by atoms with Gasteiger partial charge in [0.1, 0.15) is 0 Å². The summed E-state index contributed by atoms with van der Waals surface area (Å²) in [6.45, 7) is 10.8. The van der Waals surface area contributed by atoms with E-state index < -0.39 is 0 Å². The van der Waals surface area contributed by atoms with Crippen molar-refractivity contribution in [2.75, 3.05) is 52.5 Å². The first kappa shape index (κ1) is 15.4. The zero-order valence-electron chi connectivity index (χ0n) is 11.7. The molecule has 1 aliphatic heterocycles. The van der Waals surface area contributed by atoms with E-state index >= 15 is 0 Å². The van der Waals surface area contributed by atoms with Crippen LogP contribution in [0.5, 0.6) is 0 Å². The SMILES string of the molecule is CC(C)CN1CCN(C(=O)CCOCCN)CC1. The molecule has 0 bridgehead atoms. The second kappa shape index (κ2) is 8.45. The van der Waals surface area contributed by atoms with Crippen molar-refractivity contribution in [1.29, 1.82) is 0 Å². The number of nitrogens with zero attached hydrogens (tertiary/aromatic N) is 2. The average molecular weight is 257 g/mol. The van der Waals surface area contributed by atoms with Crippen LogP contribution < -0.4 is 5.73 Å². The summed E-state index contributed by atoms with van der Waals surface area (Å²) < 4.78 is 5.24. The second-order valence-corrected chi connectivity index (χ2v) is 5.23. The van der Waals surface area contributed by atoms with Gasteiger partial charge in [0.2, 0.25) is 5.91 Å². The molecule has 2 N–H and O–H groups in total. The third-order valence-corrected chi connectivity index (χ3v) is 3.07. The van der Waals surface area contributed by atoms with Crippen LogP contribution in [-0.4, -0.2) is 68.2 Å². The van der Waals surface area contributed by atoms with E-state index in [1.165, 1.54) is 0 Å². The third kappa shape index (κ3) is 5.80. The molecular formula is C13H27N3O2. The van der Waals surface area contributed by atoms with Crippen molar-refractivity contribution >= 4 is 5.91 Å². The highest BCUT2D eigenvalue weighted by atomic mass is 16.5. The van der Waals surface area contributed by atoms with E-state index in [-0.39, 0.29) is 5.91 Å². The van der Waals surface area contributed by atoms with Crippen LogP contribution in [0.15, 0.2) is 0 Å². The molecule has 18 heavy (non-hydrogen) atoms. The van der Waals surface area contributed by atoms with Crippen molar-refractivity contribution in [3.63, 3.8) is 0 Å². The normalized spacial score (nSPS) is 17.4. The van der Waals surface area contributed by atoms with E-state index in [0.29, 0.717) is 32.1 Å². The van der Waals surface area contributed by atoms with Crippen LogP contribution in [0, 0.1) is 5.92 Å². The van der Waals surface area contributed by atoms with E-state index in [4.69, 9.17) is 10.5 Å². The number of carbonyl (C=O) groups is 1. The number of rotatable bonds is 7. The zero-order valence-corrected chi connectivity index (χ0v) is 11.7. The van der Waals surface area contributed by atoms with Gasteiger partial charge in [-0.15, -0.1) is 0 Å². The number of piperazine rings is 1. The Morgan fingerprint density at radius 2 is 1.89 bits per heavy atom. The summed E-state index contributed by atoms with van der Waals surface area (Å²) in [5.74, 6) is 0.896. The summed E-state index contributed by atoms with van der Waals surface area (Å²) in [7, 11) is 0. The molecule has 0 aromatic rings. The highest BCUT2D eigenvalue weighted by Crippen LogP contribution is 2.06. The first-order valence-corrected chi connectivity index (χ1v) is 6.91. The van der Waals surface area contributed by atoms with Crippen LogP contribution >= 0.6 is 0 Å². The lowest BCUT2D eigenvalue weighted by Gasteiger charge is -2.35. The molecular weight excluding hydrogens is 230 g/mol. The Morgan fingerprint density at radius 1 is 1.22 bits per heavy atom. The standard InChI is InChI=1S/C13H27N3O2/c1-12(2)11-15-5-7-16(8-6-15)13(17)3-9-18-10-4-14/h12H,3-11,14H2,1-2H3. The lowest BCUT2D eigenvalue weighted by molar-refractivity contribution is -0.134. The van der Waals surface area contributed by atoms with E-state index in [0.717, 1.165) is 32.7 Å². The molecule has 0 unspecified atom stereocenters. The van der Waals surface area contributed by atoms with Gasteiger partial charge in [0, 0.05) is 39.3 Å².